The molecule has 0 aliphatic carbocycles. The second kappa shape index (κ2) is 8.43. The molecule has 0 saturated carbocycles. The van der Waals surface area contributed by atoms with E-state index < -0.39 is 11.8 Å². The summed E-state index contributed by atoms with van der Waals surface area (Å²) in [5, 5.41) is 0. The number of halogens is 1. The Balaban J connectivity index is 1.41. The zero-order chi connectivity index (χ0) is 22.0. The fraction of sp³-hybridized carbons (Fsp3) is 0.174. The lowest BCUT2D eigenvalue weighted by Crippen LogP contribution is -2.31. The van der Waals surface area contributed by atoms with Crippen molar-refractivity contribution in [2.75, 3.05) is 20.2 Å². The number of hydrogen-bond acceptors (Lipinski definition) is 5. The van der Waals surface area contributed by atoms with Crippen LogP contribution in [0, 0.1) is 5.82 Å². The van der Waals surface area contributed by atoms with Gasteiger partial charge in [0.1, 0.15) is 23.9 Å². The molecule has 1 aromatic heterocycles. The number of rotatable bonds is 7. The number of amides is 3. The maximum Gasteiger partial charge on any atom is 0.261 e. The summed E-state index contributed by atoms with van der Waals surface area (Å²) in [5.41, 5.74) is 0.748. The molecule has 1 aliphatic rings. The summed E-state index contributed by atoms with van der Waals surface area (Å²) in [7, 11) is 1.61. The van der Waals surface area contributed by atoms with E-state index in [1.807, 2.05) is 0 Å². The molecule has 0 N–H and O–H groups in total. The number of carbonyl (C=O) groups excluding carboxylic acids is 3. The summed E-state index contributed by atoms with van der Waals surface area (Å²) in [6, 6.07) is 13.4. The quantitative estimate of drug-likeness (QED) is 0.546. The summed E-state index contributed by atoms with van der Waals surface area (Å²) in [6.07, 6.45) is 1.47. The monoisotopic (exact) mass is 422 g/mol. The highest BCUT2D eigenvalue weighted by molar-refractivity contribution is 6.22. The van der Waals surface area contributed by atoms with E-state index in [0.29, 0.717) is 17.1 Å². The minimum atomic E-state index is -0.464. The largest absolute Gasteiger partial charge is 0.492 e. The summed E-state index contributed by atoms with van der Waals surface area (Å²) in [6.45, 7) is 0.529. The molecule has 2 aromatic carbocycles. The van der Waals surface area contributed by atoms with Crippen LogP contribution < -0.4 is 4.74 Å². The summed E-state index contributed by atoms with van der Waals surface area (Å²) >= 11 is 0. The van der Waals surface area contributed by atoms with Crippen molar-refractivity contribution in [3.05, 3.63) is 89.1 Å². The van der Waals surface area contributed by atoms with Crippen LogP contribution >= 0.6 is 0 Å². The van der Waals surface area contributed by atoms with Gasteiger partial charge in [0.2, 0.25) is 0 Å². The topological polar surface area (TPSA) is 80.1 Å². The van der Waals surface area contributed by atoms with Gasteiger partial charge in [0.05, 0.1) is 30.5 Å². The van der Waals surface area contributed by atoms with Crippen LogP contribution in [-0.4, -0.2) is 47.7 Å². The number of nitrogens with zero attached hydrogens (tertiary/aromatic N) is 2. The molecule has 4 rings (SSSR count). The second-order valence-electron chi connectivity index (χ2n) is 7.07. The molecule has 158 valence electrons. The third kappa shape index (κ3) is 4.18. The van der Waals surface area contributed by atoms with Crippen molar-refractivity contribution in [2.45, 2.75) is 6.54 Å². The molecule has 3 amide bonds. The molecule has 1 aliphatic heterocycles. The molecule has 31 heavy (non-hydrogen) atoms. The molecule has 3 aromatic rings. The van der Waals surface area contributed by atoms with Gasteiger partial charge in [-0.25, -0.2) is 4.39 Å². The molecular weight excluding hydrogens is 403 g/mol. The van der Waals surface area contributed by atoms with Gasteiger partial charge in [-0.15, -0.1) is 0 Å². The van der Waals surface area contributed by atoms with Crippen LogP contribution in [0.1, 0.15) is 36.8 Å². The lowest BCUT2D eigenvalue weighted by atomic mass is 10.1. The Bertz CT molecular complexity index is 1130. The zero-order valence-electron chi connectivity index (χ0n) is 16.7. The Kier molecular flexibility index (Phi) is 5.53. The molecular formula is C23H19FN2O5. The van der Waals surface area contributed by atoms with Crippen molar-refractivity contribution in [1.82, 2.24) is 9.80 Å². The van der Waals surface area contributed by atoms with Gasteiger partial charge in [-0.2, -0.15) is 0 Å². The van der Waals surface area contributed by atoms with Gasteiger partial charge < -0.3 is 14.1 Å². The van der Waals surface area contributed by atoms with Crippen molar-refractivity contribution in [2.24, 2.45) is 0 Å². The Morgan fingerprint density at radius 1 is 1.06 bits per heavy atom. The van der Waals surface area contributed by atoms with Gasteiger partial charge in [0.15, 0.2) is 0 Å². The molecule has 0 atom stereocenters. The van der Waals surface area contributed by atoms with E-state index in [2.05, 4.69) is 0 Å². The SMILES string of the molecule is CN(CCOc1ccc(F)cc1)C(=O)c1ccc2c(c1)C(=O)N(Cc1ccco1)C2=O. The molecule has 0 fully saturated rings. The van der Waals surface area contributed by atoms with E-state index in [9.17, 15) is 18.8 Å². The van der Waals surface area contributed by atoms with Crippen LogP contribution in [-0.2, 0) is 6.54 Å². The lowest BCUT2D eigenvalue weighted by molar-refractivity contribution is 0.0631. The van der Waals surface area contributed by atoms with E-state index in [0.717, 1.165) is 4.90 Å². The first kappa shape index (κ1) is 20.3. The van der Waals surface area contributed by atoms with Crippen LogP contribution in [0.5, 0.6) is 5.75 Å². The zero-order valence-corrected chi connectivity index (χ0v) is 16.7. The third-order valence-corrected chi connectivity index (χ3v) is 4.97. The predicted molar refractivity (Wildman–Crippen MR) is 108 cm³/mol. The minimum Gasteiger partial charge on any atom is -0.492 e. The van der Waals surface area contributed by atoms with Gasteiger partial charge in [-0.3, -0.25) is 19.3 Å². The smallest absolute Gasteiger partial charge is 0.261 e. The van der Waals surface area contributed by atoms with Crippen molar-refractivity contribution in [3.8, 4) is 5.75 Å². The van der Waals surface area contributed by atoms with Gasteiger partial charge in [0.25, 0.3) is 17.7 Å². The Morgan fingerprint density at radius 3 is 2.52 bits per heavy atom. The van der Waals surface area contributed by atoms with Gasteiger partial charge >= 0.3 is 0 Å². The van der Waals surface area contributed by atoms with Crippen LogP contribution in [0.3, 0.4) is 0 Å². The van der Waals surface area contributed by atoms with Crippen LogP contribution in [0.2, 0.25) is 0 Å². The number of furan rings is 1. The number of hydrogen-bond donors (Lipinski definition) is 0. The maximum atomic E-state index is 12.9. The van der Waals surface area contributed by atoms with Gasteiger partial charge in [-0.1, -0.05) is 0 Å². The first-order valence-electron chi connectivity index (χ1n) is 9.60. The van der Waals surface area contributed by atoms with Crippen molar-refractivity contribution >= 4 is 17.7 Å². The number of imide groups is 1. The summed E-state index contributed by atoms with van der Waals surface area (Å²) < 4.78 is 23.7. The number of likely N-dealkylation sites (N-methyl/N-ethyl adjacent to an activating group) is 1. The highest BCUT2D eigenvalue weighted by Gasteiger charge is 2.36. The molecule has 8 heteroatoms. The standard InChI is InChI=1S/C23H19FN2O5/c1-25(10-12-31-17-7-5-16(24)6-8-17)21(27)15-4-9-19-20(13-15)23(29)26(22(19)28)14-18-3-2-11-30-18/h2-9,11,13H,10,12,14H2,1H3. The maximum absolute atomic E-state index is 12.9. The predicted octanol–water partition coefficient (Wildman–Crippen LogP) is 3.37. The molecule has 0 unspecified atom stereocenters. The highest BCUT2D eigenvalue weighted by Crippen LogP contribution is 2.26. The lowest BCUT2D eigenvalue weighted by Gasteiger charge is -2.18. The average molecular weight is 422 g/mol. The molecule has 0 radical (unpaired) electrons. The van der Waals surface area contributed by atoms with E-state index in [4.69, 9.17) is 9.15 Å². The average Bonchev–Trinajstić information content (AvgIpc) is 3.37. The summed E-state index contributed by atoms with van der Waals surface area (Å²) in [5.74, 6) is -0.556. The van der Waals surface area contributed by atoms with E-state index in [-0.39, 0.29) is 42.5 Å². The third-order valence-electron chi connectivity index (χ3n) is 4.97. The van der Waals surface area contributed by atoms with Crippen molar-refractivity contribution in [3.63, 3.8) is 0 Å². The van der Waals surface area contributed by atoms with Crippen LogP contribution in [0.25, 0.3) is 0 Å². The number of ether oxygens (including phenoxy) is 1. The molecule has 0 spiro atoms. The molecule has 0 bridgehead atoms. The normalized spacial score (nSPS) is 12.8. The number of fused-ring (bicyclic) bond motifs is 1. The fourth-order valence-electron chi connectivity index (χ4n) is 3.28. The first-order chi connectivity index (χ1) is 14.9. The van der Waals surface area contributed by atoms with Crippen LogP contribution in [0.4, 0.5) is 4.39 Å². The molecule has 2 heterocycles. The second-order valence-corrected chi connectivity index (χ2v) is 7.07. The Morgan fingerprint density at radius 2 is 1.81 bits per heavy atom. The minimum absolute atomic E-state index is 0.0310. The van der Waals surface area contributed by atoms with E-state index in [1.165, 1.54) is 53.6 Å². The fourth-order valence-corrected chi connectivity index (χ4v) is 3.28. The Labute approximate surface area is 177 Å². The Hall–Kier alpha value is -3.94. The van der Waals surface area contributed by atoms with Crippen molar-refractivity contribution < 1.29 is 27.9 Å². The van der Waals surface area contributed by atoms with Gasteiger partial charge in [-0.05, 0) is 54.6 Å². The highest BCUT2D eigenvalue weighted by atomic mass is 19.1. The molecule has 7 nitrogen and oxygen atoms in total. The van der Waals surface area contributed by atoms with Gasteiger partial charge in [0, 0.05) is 12.6 Å². The first-order valence-corrected chi connectivity index (χ1v) is 9.60. The number of benzene rings is 2. The summed E-state index contributed by atoms with van der Waals surface area (Å²) in [4.78, 5) is 40.6. The number of carbonyl (C=O) groups is 3. The van der Waals surface area contributed by atoms with E-state index >= 15 is 0 Å². The van der Waals surface area contributed by atoms with Crippen LogP contribution in [0.15, 0.2) is 65.3 Å². The molecule has 0 saturated heterocycles. The van der Waals surface area contributed by atoms with E-state index in [1.54, 1.807) is 19.2 Å². The van der Waals surface area contributed by atoms with Crippen molar-refractivity contribution in [1.29, 1.82) is 0 Å².